The number of nitrogens with zero attached hydrogens (tertiary/aromatic N) is 4. The van der Waals surface area contributed by atoms with E-state index in [2.05, 4.69) is 169 Å². The largest absolute Gasteiger partial charge is 0.334 e. The molecule has 4 aromatic carbocycles. The van der Waals surface area contributed by atoms with E-state index in [0.717, 1.165) is 66.0 Å². The third-order valence-electron chi connectivity index (χ3n) is 12.0. The lowest BCUT2D eigenvalue weighted by Gasteiger charge is -2.40. The summed E-state index contributed by atoms with van der Waals surface area (Å²) in [6.07, 6.45) is 32.4. The lowest BCUT2D eigenvalue weighted by atomic mass is 9.88. The fourth-order valence-corrected chi connectivity index (χ4v) is 9.31. The second-order valence-electron chi connectivity index (χ2n) is 15.3. The number of aliphatic imine (C=N–C) groups is 1. The van der Waals surface area contributed by atoms with Crippen molar-refractivity contribution in [3.8, 4) is 33.9 Å². The summed E-state index contributed by atoms with van der Waals surface area (Å²) in [5.74, 6) is 1.12. The molecule has 5 aromatic rings. The molecular weight excluding hydrogens is 669 g/mol. The Morgan fingerprint density at radius 3 is 2.40 bits per heavy atom. The summed E-state index contributed by atoms with van der Waals surface area (Å²) in [5.41, 5.74) is 15.5. The molecule has 4 nitrogen and oxygen atoms in total. The molecule has 11 rings (SSSR count). The first kappa shape index (κ1) is 32.1. The van der Waals surface area contributed by atoms with Crippen LogP contribution in [0.4, 0.5) is 0 Å². The SMILES string of the molecule is C1=CCC2N=C(C3=CC=C(c4cccc(-c5nc(-c6cccc7c6C=CCC7)cc(-c6cccc7ccccc67)n5)c4)CC3)C3=CC4C=CC=CC4N3C2=C1. The van der Waals surface area contributed by atoms with Crippen LogP contribution >= 0.6 is 0 Å². The molecule has 3 unspecified atom stereocenters. The zero-order chi connectivity index (χ0) is 36.3. The van der Waals surface area contributed by atoms with Crippen LogP contribution in [0.1, 0.15) is 42.4 Å². The number of aromatic nitrogens is 2. The number of benzene rings is 4. The molecule has 0 saturated heterocycles. The van der Waals surface area contributed by atoms with Gasteiger partial charge in [-0.05, 0) is 95.0 Å². The summed E-state index contributed by atoms with van der Waals surface area (Å²) in [7, 11) is 0. The van der Waals surface area contributed by atoms with E-state index >= 15 is 0 Å². The Morgan fingerprint density at radius 2 is 1.45 bits per heavy atom. The van der Waals surface area contributed by atoms with Crippen LogP contribution in [-0.2, 0) is 6.42 Å². The third-order valence-corrected chi connectivity index (χ3v) is 12.0. The highest BCUT2D eigenvalue weighted by atomic mass is 15.3. The highest BCUT2D eigenvalue weighted by Gasteiger charge is 2.42. The predicted octanol–water partition coefficient (Wildman–Crippen LogP) is 11.7. The number of fused-ring (bicyclic) bond motifs is 7. The van der Waals surface area contributed by atoms with Gasteiger partial charge in [0.2, 0.25) is 0 Å². The van der Waals surface area contributed by atoms with Gasteiger partial charge in [0, 0.05) is 28.3 Å². The van der Waals surface area contributed by atoms with Crippen molar-refractivity contribution in [2.45, 2.75) is 44.2 Å². The monoisotopic (exact) mass is 708 g/mol. The molecule has 264 valence electrons. The van der Waals surface area contributed by atoms with Crippen LogP contribution in [-0.4, -0.2) is 32.7 Å². The van der Waals surface area contributed by atoms with Crippen molar-refractivity contribution in [1.29, 1.82) is 0 Å². The van der Waals surface area contributed by atoms with Crippen LogP contribution in [0.15, 0.2) is 180 Å². The molecule has 2 aliphatic heterocycles. The molecule has 0 radical (unpaired) electrons. The van der Waals surface area contributed by atoms with Gasteiger partial charge in [-0.3, -0.25) is 4.99 Å². The molecule has 3 atom stereocenters. The van der Waals surface area contributed by atoms with Gasteiger partial charge >= 0.3 is 0 Å². The van der Waals surface area contributed by atoms with Gasteiger partial charge < -0.3 is 4.90 Å². The topological polar surface area (TPSA) is 41.4 Å². The second-order valence-corrected chi connectivity index (χ2v) is 15.3. The van der Waals surface area contributed by atoms with Crippen LogP contribution in [0.25, 0.3) is 56.3 Å². The van der Waals surface area contributed by atoms with Crippen LogP contribution in [0, 0.1) is 5.92 Å². The fourth-order valence-electron chi connectivity index (χ4n) is 9.31. The number of hydrogen-bond donors (Lipinski definition) is 0. The highest BCUT2D eigenvalue weighted by Crippen LogP contribution is 2.44. The normalized spacial score (nSPS) is 21.9. The molecule has 0 spiro atoms. The van der Waals surface area contributed by atoms with Crippen molar-refractivity contribution in [2.24, 2.45) is 10.9 Å². The smallest absolute Gasteiger partial charge is 0.160 e. The summed E-state index contributed by atoms with van der Waals surface area (Å²) in [6.45, 7) is 0. The zero-order valence-corrected chi connectivity index (χ0v) is 30.6. The van der Waals surface area contributed by atoms with E-state index in [1.54, 1.807) is 0 Å². The Kier molecular flexibility index (Phi) is 7.68. The molecule has 1 aromatic heterocycles. The van der Waals surface area contributed by atoms with E-state index in [1.807, 2.05) is 0 Å². The van der Waals surface area contributed by atoms with Crippen LogP contribution in [0.5, 0.6) is 0 Å². The number of hydrogen-bond acceptors (Lipinski definition) is 4. The molecule has 0 saturated carbocycles. The van der Waals surface area contributed by atoms with Crippen LogP contribution in [0.2, 0.25) is 0 Å². The third kappa shape index (κ3) is 5.55. The standard InChI is InChI=1S/C51H40N4/c1-4-19-40-34(12-1)15-10-21-42(40)45-32-46(43-22-11-16-35-13-2-5-20-41(35)43)54-51(53-45)39-18-9-17-37(30-39)33-26-28-36(29-27-33)50-49-31-38-14-3-7-24-47(38)55(49)48-25-8-6-23-44(48)52-50/h1,3-12,14-22,24-26,28,30-32,38,44,47H,2,13,23,27,29H2. The summed E-state index contributed by atoms with van der Waals surface area (Å²) in [5, 5.41) is 2.40. The van der Waals surface area contributed by atoms with E-state index in [4.69, 9.17) is 15.0 Å². The highest BCUT2D eigenvalue weighted by molar-refractivity contribution is 6.14. The Hall–Kier alpha value is -6.39. The maximum Gasteiger partial charge on any atom is 0.160 e. The minimum absolute atomic E-state index is 0.171. The summed E-state index contributed by atoms with van der Waals surface area (Å²) >= 11 is 0. The molecular formula is C51H40N4. The van der Waals surface area contributed by atoms with E-state index in [-0.39, 0.29) is 6.04 Å². The molecule has 0 fully saturated rings. The first-order valence-electron chi connectivity index (χ1n) is 19.7. The lowest BCUT2D eigenvalue weighted by molar-refractivity contribution is 0.343. The Balaban J connectivity index is 0.980. The fraction of sp³-hybridized carbons (Fsp3) is 0.157. The quantitative estimate of drug-likeness (QED) is 0.182. The Bertz CT molecular complexity index is 2710. The molecule has 0 N–H and O–H groups in total. The van der Waals surface area contributed by atoms with Crippen molar-refractivity contribution in [3.63, 3.8) is 0 Å². The molecule has 4 aliphatic carbocycles. The van der Waals surface area contributed by atoms with Gasteiger partial charge in [0.25, 0.3) is 0 Å². The number of allylic oxidation sites excluding steroid dienone is 9. The van der Waals surface area contributed by atoms with Crippen molar-refractivity contribution in [2.75, 3.05) is 0 Å². The Morgan fingerprint density at radius 1 is 0.655 bits per heavy atom. The first-order valence-corrected chi connectivity index (χ1v) is 19.7. The molecule has 0 amide bonds. The van der Waals surface area contributed by atoms with Gasteiger partial charge in [-0.15, -0.1) is 0 Å². The van der Waals surface area contributed by atoms with E-state index in [0.29, 0.717) is 12.0 Å². The van der Waals surface area contributed by atoms with Crippen molar-refractivity contribution in [1.82, 2.24) is 14.9 Å². The lowest BCUT2D eigenvalue weighted by Crippen LogP contribution is -2.42. The average molecular weight is 709 g/mol. The number of rotatable bonds is 5. The van der Waals surface area contributed by atoms with E-state index in [9.17, 15) is 0 Å². The minimum Gasteiger partial charge on any atom is -0.334 e. The second kappa shape index (κ2) is 13.2. The van der Waals surface area contributed by atoms with Crippen molar-refractivity contribution < 1.29 is 0 Å². The van der Waals surface area contributed by atoms with Crippen LogP contribution in [0.3, 0.4) is 0 Å². The number of aryl methyl sites for hydroxylation is 1. The molecule has 6 aliphatic rings. The average Bonchev–Trinajstić information content (AvgIpc) is 3.66. The Labute approximate surface area is 322 Å². The summed E-state index contributed by atoms with van der Waals surface area (Å²) < 4.78 is 0. The van der Waals surface area contributed by atoms with E-state index in [1.165, 1.54) is 55.7 Å². The van der Waals surface area contributed by atoms with E-state index < -0.39 is 0 Å². The summed E-state index contributed by atoms with van der Waals surface area (Å²) in [4.78, 5) is 18.6. The molecule has 0 bridgehead atoms. The van der Waals surface area contributed by atoms with Gasteiger partial charge in [-0.25, -0.2) is 9.97 Å². The van der Waals surface area contributed by atoms with Gasteiger partial charge in [0.1, 0.15) is 0 Å². The first-order chi connectivity index (χ1) is 27.2. The summed E-state index contributed by atoms with van der Waals surface area (Å²) in [6, 6.07) is 33.2. The van der Waals surface area contributed by atoms with Crippen molar-refractivity contribution in [3.05, 3.63) is 191 Å². The molecule has 55 heavy (non-hydrogen) atoms. The zero-order valence-electron chi connectivity index (χ0n) is 30.6. The van der Waals surface area contributed by atoms with Gasteiger partial charge in [-0.1, -0.05) is 140 Å². The maximum absolute atomic E-state index is 5.41. The molecule has 4 heteroatoms. The van der Waals surface area contributed by atoms with Gasteiger partial charge in [0.05, 0.1) is 34.9 Å². The van der Waals surface area contributed by atoms with Gasteiger partial charge in [0.15, 0.2) is 5.82 Å². The predicted molar refractivity (Wildman–Crippen MR) is 227 cm³/mol. The molecule has 3 heterocycles. The van der Waals surface area contributed by atoms with Gasteiger partial charge in [-0.2, -0.15) is 0 Å². The minimum atomic E-state index is 0.171. The maximum atomic E-state index is 5.41. The van der Waals surface area contributed by atoms with Crippen molar-refractivity contribution >= 4 is 28.1 Å². The van der Waals surface area contributed by atoms with Crippen LogP contribution < -0.4 is 0 Å².